The van der Waals surface area contributed by atoms with Gasteiger partial charge in [0.1, 0.15) is 0 Å². The van der Waals surface area contributed by atoms with Gasteiger partial charge in [-0.3, -0.25) is 4.98 Å². The maximum Gasteiger partial charge on any atom is 0.0435 e. The fourth-order valence-corrected chi connectivity index (χ4v) is 3.23. The van der Waals surface area contributed by atoms with Gasteiger partial charge in [0.15, 0.2) is 0 Å². The Morgan fingerprint density at radius 3 is 3.06 bits per heavy atom. The van der Waals surface area contributed by atoms with Gasteiger partial charge in [0.25, 0.3) is 0 Å². The molecule has 2 atom stereocenters. The van der Waals surface area contributed by atoms with Crippen LogP contribution < -0.4 is 0 Å². The molecule has 1 aromatic rings. The summed E-state index contributed by atoms with van der Waals surface area (Å²) in [5.74, 6) is 1.84. The number of hydrogen-bond acceptors (Lipinski definition) is 1. The average molecular weight is 231 g/mol. The summed E-state index contributed by atoms with van der Waals surface area (Å²) in [6.07, 6.45) is 11.3. The number of aryl methyl sites for hydroxylation is 1. The summed E-state index contributed by atoms with van der Waals surface area (Å²) < 4.78 is 0. The summed E-state index contributed by atoms with van der Waals surface area (Å²) >= 11 is 0. The Balaban J connectivity index is 2.00. The van der Waals surface area contributed by atoms with Crippen molar-refractivity contribution in [3.8, 4) is 0 Å². The van der Waals surface area contributed by atoms with Crippen molar-refractivity contribution in [2.45, 2.75) is 58.8 Å². The molecule has 0 aromatic carbocycles. The van der Waals surface area contributed by atoms with E-state index in [-0.39, 0.29) is 0 Å². The maximum atomic E-state index is 4.50. The molecule has 0 aliphatic heterocycles. The maximum absolute atomic E-state index is 4.50. The Bertz CT molecular complexity index is 345. The third-order valence-corrected chi connectivity index (χ3v) is 4.34. The first-order valence-electron chi connectivity index (χ1n) is 7.27. The van der Waals surface area contributed by atoms with Gasteiger partial charge in [0.05, 0.1) is 0 Å². The van der Waals surface area contributed by atoms with Gasteiger partial charge in [0.2, 0.25) is 0 Å². The first-order valence-corrected chi connectivity index (χ1v) is 7.27. The van der Waals surface area contributed by atoms with Crippen LogP contribution in [0.1, 0.15) is 57.2 Å². The van der Waals surface area contributed by atoms with E-state index in [0.717, 1.165) is 11.8 Å². The SMILES string of the molecule is CCCCC(CC)C1CCc2ncccc2C1. The molecule has 1 aromatic heterocycles. The normalized spacial score (nSPS) is 20.9. The minimum absolute atomic E-state index is 0.906. The van der Waals surface area contributed by atoms with Crippen molar-refractivity contribution in [2.75, 3.05) is 0 Å². The summed E-state index contributed by atoms with van der Waals surface area (Å²) in [7, 11) is 0. The fraction of sp³-hybridized carbons (Fsp3) is 0.688. The molecule has 1 aliphatic carbocycles. The molecular weight excluding hydrogens is 206 g/mol. The molecule has 1 heteroatoms. The highest BCUT2D eigenvalue weighted by molar-refractivity contribution is 5.23. The zero-order chi connectivity index (χ0) is 12.1. The van der Waals surface area contributed by atoms with Crippen LogP contribution in [0.5, 0.6) is 0 Å². The van der Waals surface area contributed by atoms with E-state index in [1.54, 1.807) is 0 Å². The van der Waals surface area contributed by atoms with Gasteiger partial charge < -0.3 is 0 Å². The van der Waals surface area contributed by atoms with Crippen LogP contribution in [0.15, 0.2) is 18.3 Å². The van der Waals surface area contributed by atoms with Gasteiger partial charge in [-0.2, -0.15) is 0 Å². The van der Waals surface area contributed by atoms with Crippen LogP contribution in [0.25, 0.3) is 0 Å². The molecule has 1 aliphatic rings. The van der Waals surface area contributed by atoms with E-state index in [1.165, 1.54) is 56.2 Å². The van der Waals surface area contributed by atoms with Crippen molar-refractivity contribution < 1.29 is 0 Å². The van der Waals surface area contributed by atoms with Crippen molar-refractivity contribution >= 4 is 0 Å². The third-order valence-electron chi connectivity index (χ3n) is 4.34. The second-order valence-corrected chi connectivity index (χ2v) is 5.42. The number of nitrogens with zero attached hydrogens (tertiary/aromatic N) is 1. The monoisotopic (exact) mass is 231 g/mol. The molecular formula is C16H25N. The van der Waals surface area contributed by atoms with Crippen LogP contribution in [-0.2, 0) is 12.8 Å². The minimum atomic E-state index is 0.906. The number of aromatic nitrogens is 1. The fourth-order valence-electron chi connectivity index (χ4n) is 3.23. The van der Waals surface area contributed by atoms with E-state index >= 15 is 0 Å². The van der Waals surface area contributed by atoms with Crippen LogP contribution >= 0.6 is 0 Å². The van der Waals surface area contributed by atoms with Crippen LogP contribution in [0.4, 0.5) is 0 Å². The summed E-state index contributed by atoms with van der Waals surface area (Å²) in [6, 6.07) is 4.37. The smallest absolute Gasteiger partial charge is 0.0435 e. The van der Waals surface area contributed by atoms with Gasteiger partial charge in [-0.15, -0.1) is 0 Å². The first-order chi connectivity index (χ1) is 8.35. The molecule has 0 bridgehead atoms. The lowest BCUT2D eigenvalue weighted by Crippen LogP contribution is -2.23. The van der Waals surface area contributed by atoms with Crippen molar-refractivity contribution in [1.29, 1.82) is 0 Å². The Morgan fingerprint density at radius 1 is 1.41 bits per heavy atom. The predicted octanol–water partition coefficient (Wildman–Crippen LogP) is 4.40. The molecule has 1 heterocycles. The van der Waals surface area contributed by atoms with Crippen molar-refractivity contribution in [1.82, 2.24) is 4.98 Å². The van der Waals surface area contributed by atoms with Crippen molar-refractivity contribution in [2.24, 2.45) is 11.8 Å². The molecule has 1 nitrogen and oxygen atoms in total. The highest BCUT2D eigenvalue weighted by Gasteiger charge is 2.25. The van der Waals surface area contributed by atoms with Gasteiger partial charge >= 0.3 is 0 Å². The molecule has 17 heavy (non-hydrogen) atoms. The van der Waals surface area contributed by atoms with Crippen LogP contribution in [0.3, 0.4) is 0 Å². The number of rotatable bonds is 5. The summed E-state index contributed by atoms with van der Waals surface area (Å²) in [4.78, 5) is 4.50. The molecule has 0 radical (unpaired) electrons. The van der Waals surface area contributed by atoms with Crippen LogP contribution in [0, 0.1) is 11.8 Å². The molecule has 0 fully saturated rings. The van der Waals surface area contributed by atoms with E-state index in [0.29, 0.717) is 0 Å². The molecule has 0 amide bonds. The second-order valence-electron chi connectivity index (χ2n) is 5.42. The van der Waals surface area contributed by atoms with E-state index in [2.05, 4.69) is 31.0 Å². The lowest BCUT2D eigenvalue weighted by molar-refractivity contribution is 0.267. The molecule has 0 spiro atoms. The summed E-state index contributed by atoms with van der Waals surface area (Å²) in [5, 5.41) is 0. The topological polar surface area (TPSA) is 12.9 Å². The van der Waals surface area contributed by atoms with Gasteiger partial charge in [-0.05, 0) is 42.7 Å². The molecule has 94 valence electrons. The Labute approximate surface area is 106 Å². The predicted molar refractivity (Wildman–Crippen MR) is 73.1 cm³/mol. The quantitative estimate of drug-likeness (QED) is 0.731. The highest BCUT2D eigenvalue weighted by atomic mass is 14.7. The summed E-state index contributed by atoms with van der Waals surface area (Å²) in [6.45, 7) is 4.66. The second kappa shape index (κ2) is 6.18. The lowest BCUT2D eigenvalue weighted by Gasteiger charge is -2.30. The van der Waals surface area contributed by atoms with E-state index < -0.39 is 0 Å². The van der Waals surface area contributed by atoms with Crippen LogP contribution in [0.2, 0.25) is 0 Å². The first kappa shape index (κ1) is 12.6. The summed E-state index contributed by atoms with van der Waals surface area (Å²) in [5.41, 5.74) is 2.87. The average Bonchev–Trinajstić information content (AvgIpc) is 2.39. The molecule has 0 N–H and O–H groups in total. The number of unbranched alkanes of at least 4 members (excludes halogenated alkanes) is 1. The van der Waals surface area contributed by atoms with Gasteiger partial charge in [-0.25, -0.2) is 0 Å². The molecule has 2 rings (SSSR count). The standard InChI is InChI=1S/C16H25N/c1-3-5-7-13(4-2)14-9-10-16-15(12-14)8-6-11-17-16/h6,8,11,13-14H,3-5,7,9-10,12H2,1-2H3. The molecule has 0 saturated carbocycles. The zero-order valence-electron chi connectivity index (χ0n) is 11.3. The third kappa shape index (κ3) is 3.08. The number of pyridine rings is 1. The van der Waals surface area contributed by atoms with Crippen LogP contribution in [-0.4, -0.2) is 4.98 Å². The lowest BCUT2D eigenvalue weighted by atomic mass is 9.75. The number of fused-ring (bicyclic) bond motifs is 1. The number of hydrogen-bond donors (Lipinski definition) is 0. The molecule has 0 saturated heterocycles. The van der Waals surface area contributed by atoms with E-state index in [4.69, 9.17) is 0 Å². The van der Waals surface area contributed by atoms with Crippen molar-refractivity contribution in [3.63, 3.8) is 0 Å². The zero-order valence-corrected chi connectivity index (χ0v) is 11.3. The van der Waals surface area contributed by atoms with E-state index in [1.807, 2.05) is 6.20 Å². The largest absolute Gasteiger partial charge is 0.261 e. The molecule has 2 unspecified atom stereocenters. The van der Waals surface area contributed by atoms with E-state index in [9.17, 15) is 0 Å². The minimum Gasteiger partial charge on any atom is -0.261 e. The van der Waals surface area contributed by atoms with Crippen molar-refractivity contribution in [3.05, 3.63) is 29.6 Å². The Kier molecular flexibility index (Phi) is 4.58. The highest BCUT2D eigenvalue weighted by Crippen LogP contribution is 2.33. The Morgan fingerprint density at radius 2 is 2.29 bits per heavy atom. The van der Waals surface area contributed by atoms with Gasteiger partial charge in [0, 0.05) is 11.9 Å². The Hall–Kier alpha value is -0.850. The van der Waals surface area contributed by atoms with Gasteiger partial charge in [-0.1, -0.05) is 45.6 Å².